The number of amides is 1. The number of nitrogens with one attached hydrogen (secondary N) is 1. The Balaban J connectivity index is 2.29. The van der Waals surface area contributed by atoms with Gasteiger partial charge in [-0.15, -0.1) is 0 Å². The first-order valence-corrected chi connectivity index (χ1v) is 6.46. The van der Waals surface area contributed by atoms with E-state index >= 15 is 0 Å². The molecule has 0 aliphatic heterocycles. The molecule has 1 aromatic carbocycles. The Morgan fingerprint density at radius 3 is 2.42 bits per heavy atom. The number of ether oxygens (including phenoxy) is 1. The zero-order valence-electron chi connectivity index (χ0n) is 12.1. The highest BCUT2D eigenvalue weighted by molar-refractivity contribution is 6.03. The van der Waals surface area contributed by atoms with Gasteiger partial charge in [0.15, 0.2) is 0 Å². The summed E-state index contributed by atoms with van der Waals surface area (Å²) in [4.78, 5) is 27.1. The Labute approximate surface area is 133 Å². The van der Waals surface area contributed by atoms with Gasteiger partial charge in [-0.3, -0.25) is 4.79 Å². The fourth-order valence-electron chi connectivity index (χ4n) is 1.76. The molecule has 0 spiro atoms. The number of alkyl halides is 3. The molecule has 0 bridgehead atoms. The first-order valence-electron chi connectivity index (χ1n) is 6.46. The van der Waals surface area contributed by atoms with Crippen molar-refractivity contribution in [2.45, 2.75) is 6.18 Å². The number of hydrogen-bond acceptors (Lipinski definition) is 4. The van der Waals surface area contributed by atoms with Gasteiger partial charge in [0, 0.05) is 0 Å². The number of carbonyl (C=O) groups is 2. The number of rotatable bonds is 3. The van der Waals surface area contributed by atoms with E-state index in [9.17, 15) is 27.2 Å². The van der Waals surface area contributed by atoms with Gasteiger partial charge in [0.25, 0.3) is 5.91 Å². The van der Waals surface area contributed by atoms with Crippen molar-refractivity contribution in [2.24, 2.45) is 0 Å². The first-order chi connectivity index (χ1) is 11.2. The van der Waals surface area contributed by atoms with Crippen molar-refractivity contribution in [3.05, 3.63) is 59.2 Å². The Bertz CT molecular complexity index is 791. The fraction of sp³-hybridized carbons (Fsp3) is 0.133. The number of halogens is 4. The zero-order chi connectivity index (χ0) is 17.9. The van der Waals surface area contributed by atoms with Crippen LogP contribution < -0.4 is 5.32 Å². The number of anilines is 1. The van der Waals surface area contributed by atoms with E-state index in [4.69, 9.17) is 0 Å². The van der Waals surface area contributed by atoms with Crippen LogP contribution in [-0.2, 0) is 10.9 Å². The van der Waals surface area contributed by atoms with Gasteiger partial charge in [0.05, 0.1) is 18.4 Å². The van der Waals surface area contributed by atoms with E-state index in [1.54, 1.807) is 0 Å². The summed E-state index contributed by atoms with van der Waals surface area (Å²) in [6.07, 6.45) is -4.68. The van der Waals surface area contributed by atoms with Crippen LogP contribution in [0, 0.1) is 5.82 Å². The molecule has 5 nitrogen and oxygen atoms in total. The second-order valence-corrected chi connectivity index (χ2v) is 4.55. The molecule has 1 heterocycles. The molecule has 2 aromatic rings. The highest BCUT2D eigenvalue weighted by atomic mass is 19.4. The third kappa shape index (κ3) is 3.86. The molecule has 1 aromatic heterocycles. The second kappa shape index (κ2) is 6.65. The predicted octanol–water partition coefficient (Wildman–Crippen LogP) is 3.28. The first kappa shape index (κ1) is 17.4. The van der Waals surface area contributed by atoms with E-state index in [-0.39, 0.29) is 11.4 Å². The van der Waals surface area contributed by atoms with Crippen LogP contribution in [0.4, 0.5) is 23.2 Å². The van der Waals surface area contributed by atoms with E-state index in [0.29, 0.717) is 18.2 Å². The van der Waals surface area contributed by atoms with Crippen LogP contribution in [-0.4, -0.2) is 24.0 Å². The molecular formula is C15H10F4N2O3. The fourth-order valence-corrected chi connectivity index (χ4v) is 1.76. The maximum Gasteiger partial charge on any atom is 0.416 e. The van der Waals surface area contributed by atoms with Crippen molar-refractivity contribution >= 4 is 17.6 Å². The summed E-state index contributed by atoms with van der Waals surface area (Å²) in [5, 5.41) is 1.99. The monoisotopic (exact) mass is 342 g/mol. The summed E-state index contributed by atoms with van der Waals surface area (Å²) >= 11 is 0. The predicted molar refractivity (Wildman–Crippen MR) is 74.9 cm³/mol. The van der Waals surface area contributed by atoms with Gasteiger partial charge in [0.1, 0.15) is 17.2 Å². The largest absolute Gasteiger partial charge is 0.464 e. The van der Waals surface area contributed by atoms with Crippen molar-refractivity contribution in [2.75, 3.05) is 12.4 Å². The maximum absolute atomic E-state index is 13.6. The molecule has 2 rings (SSSR count). The number of methoxy groups -OCH3 is 1. The van der Waals surface area contributed by atoms with E-state index < -0.39 is 35.1 Å². The molecule has 0 radical (unpaired) electrons. The minimum Gasteiger partial charge on any atom is -0.464 e. The number of esters is 1. The molecule has 9 heteroatoms. The van der Waals surface area contributed by atoms with Crippen molar-refractivity contribution in [3.8, 4) is 0 Å². The van der Waals surface area contributed by atoms with E-state index in [1.807, 2.05) is 5.32 Å². The lowest BCUT2D eigenvalue weighted by atomic mass is 10.2. The van der Waals surface area contributed by atoms with E-state index in [2.05, 4.69) is 9.72 Å². The summed E-state index contributed by atoms with van der Waals surface area (Å²) in [6.45, 7) is 0. The zero-order valence-corrected chi connectivity index (χ0v) is 12.1. The smallest absolute Gasteiger partial charge is 0.416 e. The van der Waals surface area contributed by atoms with Crippen LogP contribution in [0.15, 0.2) is 36.4 Å². The molecule has 1 amide bonds. The molecule has 0 unspecified atom stereocenters. The maximum atomic E-state index is 13.6. The van der Waals surface area contributed by atoms with Crippen LogP contribution in [0.5, 0.6) is 0 Å². The normalized spacial score (nSPS) is 11.0. The SMILES string of the molecule is COC(=O)c1cccc(C(=O)Nc2cc(C(F)(F)F)ccc2F)n1. The van der Waals surface area contributed by atoms with Gasteiger partial charge >= 0.3 is 12.1 Å². The highest BCUT2D eigenvalue weighted by Crippen LogP contribution is 2.31. The van der Waals surface area contributed by atoms with E-state index in [1.165, 1.54) is 18.2 Å². The highest BCUT2D eigenvalue weighted by Gasteiger charge is 2.31. The average molecular weight is 342 g/mol. The standard InChI is InChI=1S/C15H10F4N2O3/c1-24-14(23)11-4-2-3-10(20-11)13(22)21-12-7-8(15(17,18)19)5-6-9(12)16/h2-7H,1H3,(H,21,22). The number of hydrogen-bond donors (Lipinski definition) is 1. The minimum atomic E-state index is -4.68. The number of nitrogens with zero attached hydrogens (tertiary/aromatic N) is 1. The van der Waals surface area contributed by atoms with Crippen molar-refractivity contribution < 1.29 is 31.9 Å². The Morgan fingerprint density at radius 2 is 1.79 bits per heavy atom. The Kier molecular flexibility index (Phi) is 4.82. The average Bonchev–Trinajstić information content (AvgIpc) is 2.55. The molecule has 0 saturated carbocycles. The van der Waals surface area contributed by atoms with Gasteiger partial charge in [0.2, 0.25) is 0 Å². The molecule has 0 saturated heterocycles. The van der Waals surface area contributed by atoms with Crippen LogP contribution in [0.1, 0.15) is 26.5 Å². The number of benzene rings is 1. The van der Waals surface area contributed by atoms with Crippen molar-refractivity contribution in [1.82, 2.24) is 4.98 Å². The van der Waals surface area contributed by atoms with Gasteiger partial charge in [-0.2, -0.15) is 13.2 Å². The van der Waals surface area contributed by atoms with Crippen LogP contribution in [0.25, 0.3) is 0 Å². The van der Waals surface area contributed by atoms with E-state index in [0.717, 1.165) is 7.11 Å². The molecule has 24 heavy (non-hydrogen) atoms. The van der Waals surface area contributed by atoms with Crippen LogP contribution >= 0.6 is 0 Å². The molecule has 126 valence electrons. The molecule has 1 N–H and O–H groups in total. The van der Waals surface area contributed by atoms with Gasteiger partial charge in [-0.1, -0.05) is 6.07 Å². The molecule has 0 atom stereocenters. The molecular weight excluding hydrogens is 332 g/mol. The molecule has 0 aliphatic rings. The third-order valence-corrected chi connectivity index (χ3v) is 2.92. The summed E-state index contributed by atoms with van der Waals surface area (Å²) in [5.74, 6) is -2.81. The quantitative estimate of drug-likeness (QED) is 0.687. The van der Waals surface area contributed by atoms with Gasteiger partial charge in [-0.25, -0.2) is 14.2 Å². The van der Waals surface area contributed by atoms with Gasteiger partial charge < -0.3 is 10.1 Å². The summed E-state index contributed by atoms with van der Waals surface area (Å²) in [7, 11) is 1.12. The summed E-state index contributed by atoms with van der Waals surface area (Å²) in [6, 6.07) is 5.45. The lowest BCUT2D eigenvalue weighted by Crippen LogP contribution is -2.17. The summed E-state index contributed by atoms with van der Waals surface area (Å²) in [5.41, 5.74) is -2.22. The van der Waals surface area contributed by atoms with Crippen LogP contribution in [0.3, 0.4) is 0 Å². The molecule has 0 fully saturated rings. The van der Waals surface area contributed by atoms with Crippen molar-refractivity contribution in [3.63, 3.8) is 0 Å². The lowest BCUT2D eigenvalue weighted by molar-refractivity contribution is -0.137. The Hall–Kier alpha value is -2.97. The van der Waals surface area contributed by atoms with Gasteiger partial charge in [-0.05, 0) is 30.3 Å². The second-order valence-electron chi connectivity index (χ2n) is 4.55. The molecule has 0 aliphatic carbocycles. The number of aromatic nitrogens is 1. The lowest BCUT2D eigenvalue weighted by Gasteiger charge is -2.11. The van der Waals surface area contributed by atoms with Crippen molar-refractivity contribution in [1.29, 1.82) is 0 Å². The summed E-state index contributed by atoms with van der Waals surface area (Å²) < 4.78 is 56.0. The number of pyridine rings is 1. The third-order valence-electron chi connectivity index (χ3n) is 2.92. The van der Waals surface area contributed by atoms with Crippen LogP contribution in [0.2, 0.25) is 0 Å². The topological polar surface area (TPSA) is 68.3 Å². The Morgan fingerprint density at radius 1 is 1.12 bits per heavy atom. The number of carbonyl (C=O) groups excluding carboxylic acids is 2. The minimum absolute atomic E-state index is 0.172.